The van der Waals surface area contributed by atoms with E-state index in [-0.39, 0.29) is 11.8 Å². The minimum absolute atomic E-state index is 0.297. The van der Waals surface area contributed by atoms with Crippen molar-refractivity contribution in [3.8, 4) is 17.2 Å². The summed E-state index contributed by atoms with van der Waals surface area (Å²) in [5.41, 5.74) is 2.45. The van der Waals surface area contributed by atoms with Crippen molar-refractivity contribution < 1.29 is 19.1 Å². The maximum absolute atomic E-state index is 12.7. The van der Waals surface area contributed by atoms with Crippen molar-refractivity contribution in [1.29, 1.82) is 0 Å². The molecule has 4 rings (SSSR count). The van der Waals surface area contributed by atoms with Crippen LogP contribution in [0.15, 0.2) is 66.7 Å². The summed E-state index contributed by atoms with van der Waals surface area (Å²) in [4.78, 5) is 25.1. The summed E-state index contributed by atoms with van der Waals surface area (Å²) in [6, 6.07) is 19.7. The molecule has 1 aliphatic rings. The monoisotopic (exact) mass is 388 g/mol. The first kappa shape index (κ1) is 18.6. The van der Waals surface area contributed by atoms with Crippen LogP contribution in [0.1, 0.15) is 22.8 Å². The van der Waals surface area contributed by atoms with Crippen LogP contribution in [-0.2, 0) is 4.79 Å². The highest BCUT2D eigenvalue weighted by Crippen LogP contribution is 2.37. The zero-order valence-corrected chi connectivity index (χ0v) is 16.1. The molecule has 3 aromatic carbocycles. The van der Waals surface area contributed by atoms with Crippen LogP contribution in [0.25, 0.3) is 0 Å². The van der Waals surface area contributed by atoms with Gasteiger partial charge in [0.25, 0.3) is 11.8 Å². The number of hydrogen-bond donors (Lipinski definition) is 2. The number of carbonyl (C=O) groups excluding carboxylic acids is 2. The van der Waals surface area contributed by atoms with Gasteiger partial charge in [-0.1, -0.05) is 24.3 Å². The summed E-state index contributed by atoms with van der Waals surface area (Å²) >= 11 is 0. The second-order valence-electron chi connectivity index (χ2n) is 6.83. The molecule has 6 heteroatoms. The summed E-state index contributed by atoms with van der Waals surface area (Å²) in [6.07, 6.45) is -0.700. The van der Waals surface area contributed by atoms with Crippen LogP contribution in [0.5, 0.6) is 17.2 Å². The van der Waals surface area contributed by atoms with Crippen molar-refractivity contribution in [2.24, 2.45) is 0 Å². The first-order valence-corrected chi connectivity index (χ1v) is 9.26. The van der Waals surface area contributed by atoms with Crippen molar-refractivity contribution in [3.05, 3.63) is 77.9 Å². The lowest BCUT2D eigenvalue weighted by Gasteiger charge is -2.15. The summed E-state index contributed by atoms with van der Waals surface area (Å²) in [7, 11) is 0. The summed E-state index contributed by atoms with van der Waals surface area (Å²) < 4.78 is 11.5. The smallest absolute Gasteiger partial charge is 0.265 e. The number of hydrogen-bond acceptors (Lipinski definition) is 4. The Morgan fingerprint density at radius 2 is 1.79 bits per heavy atom. The van der Waals surface area contributed by atoms with Crippen LogP contribution >= 0.6 is 0 Å². The molecule has 0 aromatic heterocycles. The van der Waals surface area contributed by atoms with Crippen LogP contribution in [0.4, 0.5) is 11.4 Å². The van der Waals surface area contributed by atoms with E-state index in [0.29, 0.717) is 34.2 Å². The summed E-state index contributed by atoms with van der Waals surface area (Å²) in [6.45, 7) is 3.61. The normalized spacial score (nSPS) is 13.1. The summed E-state index contributed by atoms with van der Waals surface area (Å²) in [5, 5.41) is 5.64. The third-order valence-electron chi connectivity index (χ3n) is 4.52. The molecular weight excluding hydrogens is 368 g/mol. The van der Waals surface area contributed by atoms with Crippen LogP contribution in [-0.4, -0.2) is 17.9 Å². The van der Waals surface area contributed by atoms with Crippen molar-refractivity contribution in [1.82, 2.24) is 0 Å². The first-order chi connectivity index (χ1) is 14.0. The lowest BCUT2D eigenvalue weighted by molar-refractivity contribution is -0.122. The van der Waals surface area contributed by atoms with E-state index < -0.39 is 6.10 Å². The van der Waals surface area contributed by atoms with Gasteiger partial charge in [-0.3, -0.25) is 9.59 Å². The van der Waals surface area contributed by atoms with E-state index in [4.69, 9.17) is 9.47 Å². The van der Waals surface area contributed by atoms with E-state index in [1.165, 1.54) is 0 Å². The topological polar surface area (TPSA) is 76.7 Å². The molecule has 3 aromatic rings. The predicted molar refractivity (Wildman–Crippen MR) is 111 cm³/mol. The van der Waals surface area contributed by atoms with Crippen LogP contribution in [0.2, 0.25) is 0 Å². The van der Waals surface area contributed by atoms with Crippen LogP contribution < -0.4 is 20.1 Å². The fourth-order valence-electron chi connectivity index (χ4n) is 3.01. The number of nitrogens with one attached hydrogen (secondary N) is 2. The maximum Gasteiger partial charge on any atom is 0.265 e. The highest BCUT2D eigenvalue weighted by molar-refractivity contribution is 6.09. The molecule has 0 radical (unpaired) electrons. The molecule has 1 unspecified atom stereocenters. The van der Waals surface area contributed by atoms with Gasteiger partial charge in [0.05, 0.1) is 11.3 Å². The van der Waals surface area contributed by atoms with Gasteiger partial charge in [0.15, 0.2) is 11.9 Å². The number of aryl methyl sites for hydroxylation is 1. The van der Waals surface area contributed by atoms with Crippen LogP contribution in [0.3, 0.4) is 0 Å². The second kappa shape index (κ2) is 7.67. The Morgan fingerprint density at radius 1 is 1.03 bits per heavy atom. The number of rotatable bonds is 4. The average molecular weight is 388 g/mol. The van der Waals surface area contributed by atoms with E-state index in [1.54, 1.807) is 37.3 Å². The van der Waals surface area contributed by atoms with Gasteiger partial charge in [0.1, 0.15) is 11.5 Å². The standard InChI is InChI=1S/C23H20N2O4/c1-14-8-10-21-19(12-14)25-23(27)18-13-16(9-11-20(18)29-21)24-22(26)15(2)28-17-6-4-3-5-7-17/h3-13,15H,1-2H3,(H,24,26)(H,25,27). The molecule has 0 bridgehead atoms. The maximum atomic E-state index is 12.7. The zero-order chi connectivity index (χ0) is 20.4. The van der Waals surface area contributed by atoms with Crippen LogP contribution in [0, 0.1) is 6.92 Å². The van der Waals surface area contributed by atoms with Gasteiger partial charge in [-0.2, -0.15) is 0 Å². The number of anilines is 2. The molecule has 1 heterocycles. The van der Waals surface area contributed by atoms with Gasteiger partial charge in [0, 0.05) is 5.69 Å². The third-order valence-corrected chi connectivity index (χ3v) is 4.52. The Morgan fingerprint density at radius 3 is 2.59 bits per heavy atom. The van der Waals surface area contributed by atoms with E-state index >= 15 is 0 Å². The molecule has 0 spiro atoms. The fourth-order valence-corrected chi connectivity index (χ4v) is 3.01. The lowest BCUT2D eigenvalue weighted by Crippen LogP contribution is -2.30. The third kappa shape index (κ3) is 4.06. The number of para-hydroxylation sites is 1. The molecule has 0 saturated carbocycles. The molecule has 0 aliphatic carbocycles. The second-order valence-corrected chi connectivity index (χ2v) is 6.83. The molecule has 146 valence electrons. The van der Waals surface area contributed by atoms with Crippen molar-refractivity contribution >= 4 is 23.2 Å². The minimum Gasteiger partial charge on any atom is -0.481 e. The molecule has 2 N–H and O–H groups in total. The van der Waals surface area contributed by atoms with Gasteiger partial charge < -0.3 is 20.1 Å². The van der Waals surface area contributed by atoms with Gasteiger partial charge in [-0.05, 0) is 61.9 Å². The number of fused-ring (bicyclic) bond motifs is 2. The zero-order valence-electron chi connectivity index (χ0n) is 16.1. The number of carbonyl (C=O) groups is 2. The van der Waals surface area contributed by atoms with Gasteiger partial charge >= 0.3 is 0 Å². The molecule has 6 nitrogen and oxygen atoms in total. The molecule has 0 saturated heterocycles. The molecule has 1 aliphatic heterocycles. The molecule has 2 amide bonds. The van der Waals surface area contributed by atoms with Crippen molar-refractivity contribution in [3.63, 3.8) is 0 Å². The van der Waals surface area contributed by atoms with Crippen molar-refractivity contribution in [2.75, 3.05) is 10.6 Å². The van der Waals surface area contributed by atoms with E-state index in [1.807, 2.05) is 43.3 Å². The molecule has 0 fully saturated rings. The Labute approximate surface area is 168 Å². The Kier molecular flexibility index (Phi) is 4.91. The number of amides is 2. The highest BCUT2D eigenvalue weighted by atomic mass is 16.5. The van der Waals surface area contributed by atoms with E-state index in [9.17, 15) is 9.59 Å². The molecule has 1 atom stereocenters. The van der Waals surface area contributed by atoms with Crippen molar-refractivity contribution in [2.45, 2.75) is 20.0 Å². The SMILES string of the molecule is Cc1ccc2c(c1)NC(=O)c1cc(NC(=O)C(C)Oc3ccccc3)ccc1O2. The minimum atomic E-state index is -0.700. The largest absolute Gasteiger partial charge is 0.481 e. The predicted octanol–water partition coefficient (Wildman–Crippen LogP) is 4.76. The Hall–Kier alpha value is -3.80. The molecule has 29 heavy (non-hydrogen) atoms. The number of benzene rings is 3. The lowest BCUT2D eigenvalue weighted by atomic mass is 10.1. The van der Waals surface area contributed by atoms with E-state index in [0.717, 1.165) is 5.56 Å². The van der Waals surface area contributed by atoms with E-state index in [2.05, 4.69) is 10.6 Å². The Balaban J connectivity index is 1.51. The van der Waals surface area contributed by atoms with Gasteiger partial charge in [0.2, 0.25) is 0 Å². The summed E-state index contributed by atoms with van der Waals surface area (Å²) in [5.74, 6) is 0.996. The quantitative estimate of drug-likeness (QED) is 0.676. The van der Waals surface area contributed by atoms with Gasteiger partial charge in [-0.25, -0.2) is 0 Å². The fraction of sp³-hybridized carbons (Fsp3) is 0.130. The van der Waals surface area contributed by atoms with Gasteiger partial charge in [-0.15, -0.1) is 0 Å². The Bertz CT molecular complexity index is 1080. The first-order valence-electron chi connectivity index (χ1n) is 9.26. The highest BCUT2D eigenvalue weighted by Gasteiger charge is 2.22. The average Bonchev–Trinajstić information content (AvgIpc) is 2.84. The number of ether oxygens (including phenoxy) is 2. The molecular formula is C23H20N2O4.